The Kier molecular flexibility index (Phi) is 5.16. The molecule has 2 fully saturated rings. The zero-order valence-electron chi connectivity index (χ0n) is 15.4. The molecule has 0 aromatic heterocycles. The SMILES string of the molecule is COC(=O)c1ccccc1NC(=O)CN1C(=O)N[C@]2(CCCC[C@H]2C)C1=O. The Morgan fingerprint density at radius 2 is 2.04 bits per heavy atom. The van der Waals surface area contributed by atoms with Crippen LogP contribution in [0.4, 0.5) is 10.5 Å². The summed E-state index contributed by atoms with van der Waals surface area (Å²) in [7, 11) is 1.25. The molecule has 27 heavy (non-hydrogen) atoms. The van der Waals surface area contributed by atoms with Crippen molar-refractivity contribution in [2.45, 2.75) is 38.1 Å². The number of para-hydroxylation sites is 1. The van der Waals surface area contributed by atoms with E-state index in [4.69, 9.17) is 4.74 Å². The Morgan fingerprint density at radius 1 is 1.30 bits per heavy atom. The van der Waals surface area contributed by atoms with Crippen LogP contribution in [0.3, 0.4) is 0 Å². The van der Waals surface area contributed by atoms with Gasteiger partial charge in [0.1, 0.15) is 12.1 Å². The van der Waals surface area contributed by atoms with Gasteiger partial charge < -0.3 is 15.4 Å². The van der Waals surface area contributed by atoms with Crippen molar-refractivity contribution in [3.63, 3.8) is 0 Å². The highest BCUT2D eigenvalue weighted by Crippen LogP contribution is 2.38. The van der Waals surface area contributed by atoms with Crippen molar-refractivity contribution in [2.75, 3.05) is 19.0 Å². The second kappa shape index (κ2) is 7.38. The molecule has 8 heteroatoms. The van der Waals surface area contributed by atoms with Gasteiger partial charge in [0.05, 0.1) is 18.4 Å². The van der Waals surface area contributed by atoms with Gasteiger partial charge in [-0.3, -0.25) is 14.5 Å². The number of hydrogen-bond donors (Lipinski definition) is 2. The molecule has 1 saturated heterocycles. The molecule has 1 aliphatic heterocycles. The molecule has 4 amide bonds. The van der Waals surface area contributed by atoms with E-state index in [0.29, 0.717) is 6.42 Å². The van der Waals surface area contributed by atoms with Gasteiger partial charge >= 0.3 is 12.0 Å². The van der Waals surface area contributed by atoms with E-state index in [0.717, 1.165) is 24.2 Å². The number of carbonyl (C=O) groups excluding carboxylic acids is 4. The van der Waals surface area contributed by atoms with Gasteiger partial charge in [-0.25, -0.2) is 9.59 Å². The molecule has 0 bridgehead atoms. The predicted molar refractivity (Wildman–Crippen MR) is 97.0 cm³/mol. The lowest BCUT2D eigenvalue weighted by Gasteiger charge is -2.36. The summed E-state index contributed by atoms with van der Waals surface area (Å²) in [6.07, 6.45) is 3.33. The minimum atomic E-state index is -0.903. The average molecular weight is 373 g/mol. The van der Waals surface area contributed by atoms with Gasteiger partial charge in [-0.15, -0.1) is 0 Å². The Balaban J connectivity index is 1.73. The fourth-order valence-corrected chi connectivity index (χ4v) is 3.85. The highest BCUT2D eigenvalue weighted by atomic mass is 16.5. The second-order valence-corrected chi connectivity index (χ2v) is 7.02. The maximum Gasteiger partial charge on any atom is 0.339 e. The summed E-state index contributed by atoms with van der Waals surface area (Å²) in [4.78, 5) is 50.4. The molecule has 1 heterocycles. The van der Waals surface area contributed by atoms with E-state index in [2.05, 4.69) is 10.6 Å². The number of esters is 1. The first kappa shape index (κ1) is 18.9. The first-order chi connectivity index (χ1) is 12.9. The van der Waals surface area contributed by atoms with Crippen molar-refractivity contribution in [3.8, 4) is 0 Å². The third-order valence-corrected chi connectivity index (χ3v) is 5.41. The van der Waals surface area contributed by atoms with E-state index in [9.17, 15) is 19.2 Å². The number of urea groups is 1. The quantitative estimate of drug-likeness (QED) is 0.620. The fourth-order valence-electron chi connectivity index (χ4n) is 3.85. The number of nitrogens with zero attached hydrogens (tertiary/aromatic N) is 1. The molecular formula is C19H23N3O5. The van der Waals surface area contributed by atoms with Crippen LogP contribution in [0.5, 0.6) is 0 Å². The first-order valence-corrected chi connectivity index (χ1v) is 9.00. The molecule has 3 rings (SSSR count). The van der Waals surface area contributed by atoms with Crippen molar-refractivity contribution in [1.82, 2.24) is 10.2 Å². The van der Waals surface area contributed by atoms with Crippen LogP contribution in [0.15, 0.2) is 24.3 Å². The molecule has 1 spiro atoms. The van der Waals surface area contributed by atoms with Crippen LogP contribution in [-0.4, -0.2) is 47.9 Å². The van der Waals surface area contributed by atoms with E-state index in [1.807, 2.05) is 6.92 Å². The Morgan fingerprint density at radius 3 is 2.74 bits per heavy atom. The number of methoxy groups -OCH3 is 1. The lowest BCUT2D eigenvalue weighted by atomic mass is 9.73. The maximum atomic E-state index is 12.9. The van der Waals surface area contributed by atoms with Crippen molar-refractivity contribution in [1.29, 1.82) is 0 Å². The van der Waals surface area contributed by atoms with Crippen molar-refractivity contribution >= 4 is 29.5 Å². The second-order valence-electron chi connectivity index (χ2n) is 7.02. The number of imide groups is 1. The summed E-state index contributed by atoms with van der Waals surface area (Å²) in [6, 6.07) is 5.83. The smallest absolute Gasteiger partial charge is 0.339 e. The lowest BCUT2D eigenvalue weighted by Crippen LogP contribution is -2.54. The molecule has 2 N–H and O–H groups in total. The van der Waals surface area contributed by atoms with Crippen LogP contribution in [0.25, 0.3) is 0 Å². The molecule has 1 saturated carbocycles. The highest BCUT2D eigenvalue weighted by Gasteiger charge is 2.55. The molecule has 1 aromatic carbocycles. The van der Waals surface area contributed by atoms with Gasteiger partial charge in [-0.1, -0.05) is 31.9 Å². The Hall–Kier alpha value is -2.90. The third-order valence-electron chi connectivity index (χ3n) is 5.41. The van der Waals surface area contributed by atoms with Gasteiger partial charge in [0, 0.05) is 0 Å². The zero-order chi connectivity index (χ0) is 19.6. The summed E-state index contributed by atoms with van der Waals surface area (Å²) >= 11 is 0. The Labute approximate surface area is 157 Å². The van der Waals surface area contributed by atoms with Crippen LogP contribution in [-0.2, 0) is 14.3 Å². The fraction of sp³-hybridized carbons (Fsp3) is 0.474. The van der Waals surface area contributed by atoms with E-state index in [1.165, 1.54) is 13.2 Å². The average Bonchev–Trinajstić information content (AvgIpc) is 2.89. The van der Waals surface area contributed by atoms with Crippen LogP contribution >= 0.6 is 0 Å². The number of carbonyl (C=O) groups is 4. The number of nitrogens with one attached hydrogen (secondary N) is 2. The topological polar surface area (TPSA) is 105 Å². The van der Waals surface area contributed by atoms with Crippen molar-refractivity contribution in [3.05, 3.63) is 29.8 Å². The number of hydrogen-bond acceptors (Lipinski definition) is 5. The molecule has 1 aromatic rings. The highest BCUT2D eigenvalue weighted by molar-refractivity contribution is 6.11. The van der Waals surface area contributed by atoms with Gasteiger partial charge in [0.15, 0.2) is 0 Å². The van der Waals surface area contributed by atoms with E-state index in [-0.39, 0.29) is 23.1 Å². The minimum Gasteiger partial charge on any atom is -0.465 e. The molecule has 144 valence electrons. The monoisotopic (exact) mass is 373 g/mol. The zero-order valence-corrected chi connectivity index (χ0v) is 15.4. The number of benzene rings is 1. The van der Waals surface area contributed by atoms with Crippen LogP contribution < -0.4 is 10.6 Å². The summed E-state index contributed by atoms with van der Waals surface area (Å²) in [5.74, 6) is -1.47. The number of rotatable bonds is 4. The van der Waals surface area contributed by atoms with Crippen LogP contribution in [0.1, 0.15) is 43.0 Å². The molecule has 0 unspecified atom stereocenters. The maximum absolute atomic E-state index is 12.9. The standard InChI is InChI=1S/C19H23N3O5/c1-12-7-5-6-10-19(12)17(25)22(18(26)21-19)11-15(23)20-14-9-4-3-8-13(14)16(24)27-2/h3-4,8-9,12H,5-7,10-11H2,1-2H3,(H,20,23)(H,21,26)/t12-,19+/m1/s1. The summed E-state index contributed by atoms with van der Waals surface area (Å²) in [6.45, 7) is 1.54. The van der Waals surface area contributed by atoms with E-state index < -0.39 is 30.0 Å². The minimum absolute atomic E-state index is 0.0239. The first-order valence-electron chi connectivity index (χ1n) is 9.00. The molecule has 2 aliphatic rings. The summed E-state index contributed by atoms with van der Waals surface area (Å²) < 4.78 is 4.69. The van der Waals surface area contributed by atoms with E-state index in [1.54, 1.807) is 18.2 Å². The number of anilines is 1. The lowest BCUT2D eigenvalue weighted by molar-refractivity contribution is -0.136. The van der Waals surface area contributed by atoms with Gasteiger partial charge in [0.25, 0.3) is 5.91 Å². The van der Waals surface area contributed by atoms with Gasteiger partial charge in [-0.2, -0.15) is 0 Å². The number of ether oxygens (including phenoxy) is 1. The molecule has 8 nitrogen and oxygen atoms in total. The summed E-state index contributed by atoms with van der Waals surface area (Å²) in [5.41, 5.74) is -0.440. The molecule has 2 atom stereocenters. The normalized spacial score (nSPS) is 24.7. The predicted octanol–water partition coefficient (Wildman–Crippen LogP) is 1.91. The van der Waals surface area contributed by atoms with Crippen LogP contribution in [0.2, 0.25) is 0 Å². The number of amides is 4. The van der Waals surface area contributed by atoms with Gasteiger partial charge in [-0.05, 0) is 30.9 Å². The Bertz CT molecular complexity index is 793. The summed E-state index contributed by atoms with van der Waals surface area (Å²) in [5, 5.41) is 5.39. The van der Waals surface area contributed by atoms with Crippen molar-refractivity contribution in [2.24, 2.45) is 5.92 Å². The van der Waals surface area contributed by atoms with Gasteiger partial charge in [0.2, 0.25) is 5.91 Å². The molecule has 0 radical (unpaired) electrons. The van der Waals surface area contributed by atoms with Crippen LogP contribution in [0, 0.1) is 5.92 Å². The van der Waals surface area contributed by atoms with Crippen molar-refractivity contribution < 1.29 is 23.9 Å². The van der Waals surface area contributed by atoms with E-state index >= 15 is 0 Å². The molecular weight excluding hydrogens is 350 g/mol. The molecule has 1 aliphatic carbocycles. The largest absolute Gasteiger partial charge is 0.465 e. The third kappa shape index (κ3) is 3.39.